The first-order valence-electron chi connectivity index (χ1n) is 7.82. The van der Waals surface area contributed by atoms with Gasteiger partial charge in [0.25, 0.3) is 5.76 Å². The maximum Gasteiger partial charge on any atom is 0.368 e. The van der Waals surface area contributed by atoms with Crippen molar-refractivity contribution >= 4 is 23.4 Å². The normalized spacial score (nSPS) is 11.2. The van der Waals surface area contributed by atoms with Crippen LogP contribution < -0.4 is 10.4 Å². The molecule has 0 amide bonds. The molecule has 0 fully saturated rings. The first-order valence-corrected chi connectivity index (χ1v) is 9.07. The van der Waals surface area contributed by atoms with E-state index in [0.29, 0.717) is 38.7 Å². The van der Waals surface area contributed by atoms with Crippen molar-refractivity contribution in [2.45, 2.75) is 24.2 Å². The number of benzene rings is 2. The Kier molecular flexibility index (Phi) is 5.81. The molecular formula is C17H15ClF2N4O2S. The Morgan fingerprint density at radius 3 is 2.70 bits per heavy atom. The van der Waals surface area contributed by atoms with E-state index in [1.54, 1.807) is 36.4 Å². The van der Waals surface area contributed by atoms with Crippen LogP contribution in [-0.2, 0) is 13.7 Å². The van der Waals surface area contributed by atoms with Gasteiger partial charge in [0, 0.05) is 22.5 Å². The van der Waals surface area contributed by atoms with Crippen LogP contribution in [0.15, 0.2) is 46.1 Å². The fraction of sp³-hybridized carbons (Fsp3) is 0.235. The Labute approximate surface area is 162 Å². The van der Waals surface area contributed by atoms with Gasteiger partial charge in [-0.15, -0.1) is 0 Å². The van der Waals surface area contributed by atoms with Crippen molar-refractivity contribution in [1.82, 2.24) is 19.8 Å². The Morgan fingerprint density at radius 1 is 1.26 bits per heavy atom. The number of hydrogen-bond donors (Lipinski definition) is 0. The van der Waals surface area contributed by atoms with E-state index >= 15 is 0 Å². The number of hydrogen-bond acceptors (Lipinski definition) is 5. The number of halogens is 3. The molecule has 0 aliphatic rings. The van der Waals surface area contributed by atoms with Crippen LogP contribution in [0.4, 0.5) is 8.78 Å². The standard InChI is InChI=1S/C17H15ClF2N4O2S/c1-10-6-7-11(18)8-14(10)26-9-12-13(24-17(25)23(2)21-22-24)4-3-5-15(12)27-16(19)20/h3-8,16H,9H2,1-2H3. The highest BCUT2D eigenvalue weighted by Crippen LogP contribution is 2.33. The van der Waals surface area contributed by atoms with Crippen LogP contribution in [0, 0.1) is 6.92 Å². The van der Waals surface area contributed by atoms with Crippen LogP contribution in [0.2, 0.25) is 5.02 Å². The summed E-state index contributed by atoms with van der Waals surface area (Å²) in [6, 6.07) is 9.91. The van der Waals surface area contributed by atoms with E-state index in [0.717, 1.165) is 14.9 Å². The zero-order chi connectivity index (χ0) is 19.6. The third-order valence-corrected chi connectivity index (χ3v) is 4.85. The summed E-state index contributed by atoms with van der Waals surface area (Å²) in [6.07, 6.45) is 0. The molecule has 3 aromatic rings. The van der Waals surface area contributed by atoms with Crippen LogP contribution in [0.5, 0.6) is 5.75 Å². The second-order valence-corrected chi connectivity index (χ2v) is 7.10. The summed E-state index contributed by atoms with van der Waals surface area (Å²) in [6.45, 7) is 1.80. The minimum Gasteiger partial charge on any atom is -0.488 e. The van der Waals surface area contributed by atoms with Crippen molar-refractivity contribution in [3.63, 3.8) is 0 Å². The molecule has 2 aromatic carbocycles. The summed E-state index contributed by atoms with van der Waals surface area (Å²) in [5, 5.41) is 7.97. The zero-order valence-electron chi connectivity index (χ0n) is 14.4. The summed E-state index contributed by atoms with van der Waals surface area (Å²) in [4.78, 5) is 12.5. The lowest BCUT2D eigenvalue weighted by Crippen LogP contribution is -2.23. The van der Waals surface area contributed by atoms with Gasteiger partial charge in [0.2, 0.25) is 0 Å². The first-order chi connectivity index (χ1) is 12.9. The smallest absolute Gasteiger partial charge is 0.368 e. The van der Waals surface area contributed by atoms with Crippen LogP contribution >= 0.6 is 23.4 Å². The van der Waals surface area contributed by atoms with Crippen LogP contribution in [0.25, 0.3) is 5.69 Å². The maximum atomic E-state index is 13.0. The zero-order valence-corrected chi connectivity index (χ0v) is 16.0. The molecule has 0 radical (unpaired) electrons. The van der Waals surface area contributed by atoms with Crippen molar-refractivity contribution < 1.29 is 13.5 Å². The van der Waals surface area contributed by atoms with Gasteiger partial charge in [-0.05, 0) is 47.2 Å². The van der Waals surface area contributed by atoms with Gasteiger partial charge in [0.1, 0.15) is 12.4 Å². The van der Waals surface area contributed by atoms with E-state index in [1.165, 1.54) is 7.05 Å². The molecular weight excluding hydrogens is 398 g/mol. The lowest BCUT2D eigenvalue weighted by molar-refractivity contribution is 0.251. The molecule has 0 N–H and O–H groups in total. The molecule has 1 heterocycles. The minimum atomic E-state index is -2.62. The average molecular weight is 413 g/mol. The summed E-state index contributed by atoms with van der Waals surface area (Å²) in [7, 11) is 1.45. The minimum absolute atomic E-state index is 0.0462. The highest BCUT2D eigenvalue weighted by Gasteiger charge is 2.18. The second kappa shape index (κ2) is 8.10. The van der Waals surface area contributed by atoms with E-state index in [4.69, 9.17) is 16.3 Å². The van der Waals surface area contributed by atoms with Gasteiger partial charge >= 0.3 is 5.69 Å². The average Bonchev–Trinajstić information content (AvgIpc) is 2.95. The molecule has 3 rings (SSSR count). The van der Waals surface area contributed by atoms with Gasteiger partial charge in [-0.1, -0.05) is 35.5 Å². The lowest BCUT2D eigenvalue weighted by atomic mass is 10.2. The first kappa shape index (κ1) is 19.4. The Bertz CT molecular complexity index is 1020. The van der Waals surface area contributed by atoms with Crippen molar-refractivity contribution in [2.24, 2.45) is 7.05 Å². The number of alkyl halides is 2. The third kappa shape index (κ3) is 4.30. The Morgan fingerprint density at radius 2 is 2.04 bits per heavy atom. The molecule has 10 heteroatoms. The summed E-state index contributed by atoms with van der Waals surface area (Å²) in [5.74, 6) is -2.10. The summed E-state index contributed by atoms with van der Waals surface area (Å²) in [5.41, 5.74) is 1.09. The molecule has 0 spiro atoms. The molecule has 142 valence electrons. The predicted octanol–water partition coefficient (Wildman–Crippen LogP) is 3.82. The number of ether oxygens (including phenoxy) is 1. The highest BCUT2D eigenvalue weighted by molar-refractivity contribution is 7.99. The predicted molar refractivity (Wildman–Crippen MR) is 99.0 cm³/mol. The fourth-order valence-electron chi connectivity index (χ4n) is 2.45. The van der Waals surface area contributed by atoms with Gasteiger partial charge in [-0.3, -0.25) is 0 Å². The van der Waals surface area contributed by atoms with Crippen molar-refractivity contribution in [3.05, 3.63) is 63.0 Å². The van der Waals surface area contributed by atoms with E-state index < -0.39 is 11.4 Å². The second-order valence-electron chi connectivity index (χ2n) is 5.63. The number of aromatic nitrogens is 4. The van der Waals surface area contributed by atoms with E-state index in [2.05, 4.69) is 10.4 Å². The third-order valence-electron chi connectivity index (χ3n) is 3.80. The molecule has 0 bridgehead atoms. The van der Waals surface area contributed by atoms with Gasteiger partial charge in [-0.2, -0.15) is 18.1 Å². The van der Waals surface area contributed by atoms with Gasteiger partial charge in [0.05, 0.1) is 5.69 Å². The van der Waals surface area contributed by atoms with Crippen molar-refractivity contribution in [1.29, 1.82) is 0 Å². The van der Waals surface area contributed by atoms with Crippen LogP contribution in [-0.4, -0.2) is 25.5 Å². The van der Waals surface area contributed by atoms with Gasteiger partial charge in [-0.25, -0.2) is 4.79 Å². The molecule has 0 saturated carbocycles. The van der Waals surface area contributed by atoms with Crippen molar-refractivity contribution in [2.75, 3.05) is 0 Å². The van der Waals surface area contributed by atoms with Crippen molar-refractivity contribution in [3.8, 4) is 11.4 Å². The quantitative estimate of drug-likeness (QED) is 0.576. The Hall–Kier alpha value is -2.39. The van der Waals surface area contributed by atoms with E-state index in [-0.39, 0.29) is 6.61 Å². The number of nitrogens with zero attached hydrogens (tertiary/aromatic N) is 4. The number of rotatable bonds is 6. The number of thioether (sulfide) groups is 1. The van der Waals surface area contributed by atoms with E-state index in [1.807, 2.05) is 6.92 Å². The summed E-state index contributed by atoms with van der Waals surface area (Å²) >= 11 is 6.38. The number of tetrazole rings is 1. The van der Waals surface area contributed by atoms with Crippen LogP contribution in [0.1, 0.15) is 11.1 Å². The molecule has 0 aliphatic carbocycles. The highest BCUT2D eigenvalue weighted by atomic mass is 35.5. The maximum absolute atomic E-state index is 13.0. The van der Waals surface area contributed by atoms with Gasteiger partial charge < -0.3 is 4.74 Å². The molecule has 0 unspecified atom stereocenters. The van der Waals surface area contributed by atoms with Gasteiger partial charge in [0.15, 0.2) is 0 Å². The van der Waals surface area contributed by atoms with Crippen LogP contribution in [0.3, 0.4) is 0 Å². The summed E-state index contributed by atoms with van der Waals surface area (Å²) < 4.78 is 33.9. The lowest BCUT2D eigenvalue weighted by Gasteiger charge is -2.15. The fourth-order valence-corrected chi connectivity index (χ4v) is 3.27. The SMILES string of the molecule is Cc1ccc(Cl)cc1OCc1c(SC(F)F)cccc1-n1nnn(C)c1=O. The number of aryl methyl sites for hydroxylation is 2. The largest absolute Gasteiger partial charge is 0.488 e. The molecule has 27 heavy (non-hydrogen) atoms. The monoisotopic (exact) mass is 412 g/mol. The Balaban J connectivity index is 2.04. The van der Waals surface area contributed by atoms with E-state index in [9.17, 15) is 13.6 Å². The topological polar surface area (TPSA) is 61.9 Å². The molecule has 1 aromatic heterocycles. The molecule has 0 aliphatic heterocycles. The molecule has 6 nitrogen and oxygen atoms in total. The molecule has 0 atom stereocenters. The molecule has 0 saturated heterocycles.